The third-order valence-corrected chi connectivity index (χ3v) is 3.20. The molecule has 0 aliphatic heterocycles. The van der Waals surface area contributed by atoms with Crippen LogP contribution in [-0.4, -0.2) is 43.7 Å². The summed E-state index contributed by atoms with van der Waals surface area (Å²) >= 11 is 0. The summed E-state index contributed by atoms with van der Waals surface area (Å²) in [5.41, 5.74) is 0.965. The molecule has 1 unspecified atom stereocenters. The minimum Gasteiger partial charge on any atom is -0.383 e. The van der Waals surface area contributed by atoms with Crippen molar-refractivity contribution in [2.45, 2.75) is 26.3 Å². The SMILES string of the molecule is CCC(C)N(CCOC)C(=O)CNc1ccccc1. The molecule has 0 bridgehead atoms. The fraction of sp³-hybridized carbons (Fsp3) is 0.533. The van der Waals surface area contributed by atoms with Gasteiger partial charge in [0.15, 0.2) is 0 Å². The number of carbonyl (C=O) groups is 1. The second kappa shape index (κ2) is 8.53. The number of anilines is 1. The van der Waals surface area contributed by atoms with E-state index in [2.05, 4.69) is 19.2 Å². The predicted molar refractivity (Wildman–Crippen MR) is 78.3 cm³/mol. The van der Waals surface area contributed by atoms with Crippen molar-refractivity contribution in [3.8, 4) is 0 Å². The smallest absolute Gasteiger partial charge is 0.242 e. The standard InChI is InChI=1S/C15H24N2O2/c1-4-13(2)17(10-11-19-3)15(18)12-16-14-8-6-5-7-9-14/h5-9,13,16H,4,10-12H2,1-3H3. The number of nitrogens with one attached hydrogen (secondary N) is 1. The molecule has 0 saturated heterocycles. The van der Waals surface area contributed by atoms with E-state index in [9.17, 15) is 4.79 Å². The van der Waals surface area contributed by atoms with Crippen molar-refractivity contribution in [3.63, 3.8) is 0 Å². The molecule has 0 heterocycles. The number of amides is 1. The van der Waals surface area contributed by atoms with Crippen LogP contribution < -0.4 is 5.32 Å². The first kappa shape index (κ1) is 15.5. The zero-order valence-electron chi connectivity index (χ0n) is 12.1. The summed E-state index contributed by atoms with van der Waals surface area (Å²) in [4.78, 5) is 14.1. The van der Waals surface area contributed by atoms with E-state index >= 15 is 0 Å². The first-order valence-corrected chi connectivity index (χ1v) is 6.76. The lowest BCUT2D eigenvalue weighted by Crippen LogP contribution is -2.43. The van der Waals surface area contributed by atoms with Crippen molar-refractivity contribution in [2.24, 2.45) is 0 Å². The Labute approximate surface area is 115 Å². The van der Waals surface area contributed by atoms with E-state index in [1.807, 2.05) is 35.2 Å². The lowest BCUT2D eigenvalue weighted by molar-refractivity contribution is -0.132. The molecule has 106 valence electrons. The highest BCUT2D eigenvalue weighted by molar-refractivity contribution is 5.81. The molecule has 0 radical (unpaired) electrons. The van der Waals surface area contributed by atoms with E-state index in [0.29, 0.717) is 19.7 Å². The van der Waals surface area contributed by atoms with Crippen molar-refractivity contribution >= 4 is 11.6 Å². The Kier molecular flexibility index (Phi) is 6.97. The molecule has 0 fully saturated rings. The molecule has 1 amide bonds. The highest BCUT2D eigenvalue weighted by Gasteiger charge is 2.17. The number of methoxy groups -OCH3 is 1. The van der Waals surface area contributed by atoms with Gasteiger partial charge < -0.3 is 15.0 Å². The Morgan fingerprint density at radius 1 is 1.37 bits per heavy atom. The Morgan fingerprint density at radius 3 is 2.63 bits per heavy atom. The van der Waals surface area contributed by atoms with Gasteiger partial charge in [0.1, 0.15) is 0 Å². The Hall–Kier alpha value is -1.55. The lowest BCUT2D eigenvalue weighted by Gasteiger charge is -2.28. The third kappa shape index (κ3) is 5.30. The van der Waals surface area contributed by atoms with Gasteiger partial charge in [-0.1, -0.05) is 25.1 Å². The van der Waals surface area contributed by atoms with Gasteiger partial charge in [0, 0.05) is 25.4 Å². The van der Waals surface area contributed by atoms with Crippen LogP contribution >= 0.6 is 0 Å². The van der Waals surface area contributed by atoms with Crippen LogP contribution in [0.4, 0.5) is 5.69 Å². The van der Waals surface area contributed by atoms with Gasteiger partial charge in [-0.25, -0.2) is 0 Å². The summed E-state index contributed by atoms with van der Waals surface area (Å²) in [6.07, 6.45) is 0.945. The van der Waals surface area contributed by atoms with E-state index in [1.54, 1.807) is 7.11 Å². The average molecular weight is 264 g/mol. The molecule has 1 rings (SSSR count). The maximum absolute atomic E-state index is 12.2. The zero-order chi connectivity index (χ0) is 14.1. The van der Waals surface area contributed by atoms with Crippen LogP contribution in [0, 0.1) is 0 Å². The summed E-state index contributed by atoms with van der Waals surface area (Å²) in [5.74, 6) is 0.107. The molecule has 1 aromatic carbocycles. The molecule has 1 atom stereocenters. The normalized spacial score (nSPS) is 11.9. The van der Waals surface area contributed by atoms with E-state index in [0.717, 1.165) is 12.1 Å². The second-order valence-corrected chi connectivity index (χ2v) is 4.56. The van der Waals surface area contributed by atoms with Crippen LogP contribution in [0.5, 0.6) is 0 Å². The van der Waals surface area contributed by atoms with E-state index in [1.165, 1.54) is 0 Å². The third-order valence-electron chi connectivity index (χ3n) is 3.20. The summed E-state index contributed by atoms with van der Waals surface area (Å²) in [5, 5.41) is 3.15. The van der Waals surface area contributed by atoms with Crippen LogP contribution in [0.1, 0.15) is 20.3 Å². The summed E-state index contributed by atoms with van der Waals surface area (Å²) in [6.45, 7) is 5.68. The van der Waals surface area contributed by atoms with Gasteiger partial charge >= 0.3 is 0 Å². The van der Waals surface area contributed by atoms with Crippen LogP contribution in [-0.2, 0) is 9.53 Å². The highest BCUT2D eigenvalue weighted by Crippen LogP contribution is 2.07. The number of hydrogen-bond acceptors (Lipinski definition) is 3. The number of hydrogen-bond donors (Lipinski definition) is 1. The molecule has 4 heteroatoms. The maximum Gasteiger partial charge on any atom is 0.242 e. The van der Waals surface area contributed by atoms with Gasteiger partial charge in [0.25, 0.3) is 0 Å². The van der Waals surface area contributed by atoms with Gasteiger partial charge in [-0.05, 0) is 25.5 Å². The summed E-state index contributed by atoms with van der Waals surface area (Å²) in [7, 11) is 1.65. The number of rotatable bonds is 8. The minimum atomic E-state index is 0.107. The van der Waals surface area contributed by atoms with Gasteiger partial charge in [-0.3, -0.25) is 4.79 Å². The number of nitrogens with zero attached hydrogens (tertiary/aromatic N) is 1. The van der Waals surface area contributed by atoms with Crippen LogP contribution in [0.25, 0.3) is 0 Å². The van der Waals surface area contributed by atoms with Crippen molar-refractivity contribution in [1.82, 2.24) is 4.90 Å². The topological polar surface area (TPSA) is 41.6 Å². The summed E-state index contributed by atoms with van der Waals surface area (Å²) in [6, 6.07) is 10.00. The first-order chi connectivity index (χ1) is 9.19. The quantitative estimate of drug-likeness (QED) is 0.784. The molecule has 1 aromatic rings. The van der Waals surface area contributed by atoms with Crippen LogP contribution in [0.3, 0.4) is 0 Å². The van der Waals surface area contributed by atoms with E-state index in [4.69, 9.17) is 4.74 Å². The lowest BCUT2D eigenvalue weighted by atomic mass is 10.2. The van der Waals surface area contributed by atoms with Crippen molar-refractivity contribution in [3.05, 3.63) is 30.3 Å². The van der Waals surface area contributed by atoms with E-state index in [-0.39, 0.29) is 11.9 Å². The number of ether oxygens (including phenoxy) is 1. The Balaban J connectivity index is 2.51. The van der Waals surface area contributed by atoms with Gasteiger partial charge in [-0.15, -0.1) is 0 Å². The number of para-hydroxylation sites is 1. The second-order valence-electron chi connectivity index (χ2n) is 4.56. The van der Waals surface area contributed by atoms with Crippen LogP contribution in [0.15, 0.2) is 30.3 Å². The largest absolute Gasteiger partial charge is 0.383 e. The molecule has 0 saturated carbocycles. The van der Waals surface area contributed by atoms with Gasteiger partial charge in [-0.2, -0.15) is 0 Å². The minimum absolute atomic E-state index is 0.107. The number of carbonyl (C=O) groups excluding carboxylic acids is 1. The Bertz CT molecular complexity index is 368. The Morgan fingerprint density at radius 2 is 2.05 bits per heavy atom. The predicted octanol–water partition coefficient (Wildman–Crippen LogP) is 2.37. The summed E-state index contributed by atoms with van der Waals surface area (Å²) < 4.78 is 5.07. The van der Waals surface area contributed by atoms with Gasteiger partial charge in [0.05, 0.1) is 13.2 Å². The van der Waals surface area contributed by atoms with E-state index < -0.39 is 0 Å². The van der Waals surface area contributed by atoms with Crippen molar-refractivity contribution in [2.75, 3.05) is 32.1 Å². The fourth-order valence-corrected chi connectivity index (χ4v) is 1.84. The first-order valence-electron chi connectivity index (χ1n) is 6.76. The van der Waals surface area contributed by atoms with Gasteiger partial charge in [0.2, 0.25) is 5.91 Å². The van der Waals surface area contributed by atoms with Crippen molar-refractivity contribution < 1.29 is 9.53 Å². The molecule has 0 spiro atoms. The zero-order valence-corrected chi connectivity index (χ0v) is 12.1. The fourth-order valence-electron chi connectivity index (χ4n) is 1.84. The molecule has 4 nitrogen and oxygen atoms in total. The highest BCUT2D eigenvalue weighted by atomic mass is 16.5. The monoisotopic (exact) mass is 264 g/mol. The molecule has 1 N–H and O–H groups in total. The molecular weight excluding hydrogens is 240 g/mol. The van der Waals surface area contributed by atoms with Crippen molar-refractivity contribution in [1.29, 1.82) is 0 Å². The molecular formula is C15H24N2O2. The molecule has 19 heavy (non-hydrogen) atoms. The molecule has 0 aliphatic rings. The van der Waals surface area contributed by atoms with Crippen LogP contribution in [0.2, 0.25) is 0 Å². The number of benzene rings is 1. The molecule has 0 aliphatic carbocycles. The maximum atomic E-state index is 12.2. The molecule has 0 aromatic heterocycles. The average Bonchev–Trinajstić information content (AvgIpc) is 2.46.